The zero-order chi connectivity index (χ0) is 10.6. The Morgan fingerprint density at radius 1 is 1.64 bits per heavy atom. The van der Waals surface area contributed by atoms with Crippen LogP contribution in [-0.2, 0) is 11.3 Å². The number of hydrogen-bond donors (Lipinski definition) is 2. The predicted octanol–water partition coefficient (Wildman–Crippen LogP) is 1.27. The minimum Gasteiger partial charge on any atom is -0.352 e. The van der Waals surface area contributed by atoms with E-state index in [1.165, 1.54) is 11.1 Å². The topological polar surface area (TPSA) is 55.1 Å². The molecule has 14 heavy (non-hydrogen) atoms. The van der Waals surface area contributed by atoms with Crippen LogP contribution in [0.3, 0.4) is 0 Å². The number of nitrogens with two attached hydrogens (primary N) is 1. The first-order chi connectivity index (χ1) is 6.65. The molecule has 0 bridgehead atoms. The highest BCUT2D eigenvalue weighted by Gasteiger charge is 2.10. The Bertz CT molecular complexity index is 309. The largest absolute Gasteiger partial charge is 0.352 e. The molecule has 1 rings (SSSR count). The predicted molar refractivity (Wildman–Crippen MR) is 59.1 cm³/mol. The lowest BCUT2D eigenvalue weighted by Gasteiger charge is -2.09. The Hall–Kier alpha value is -0.870. The summed E-state index contributed by atoms with van der Waals surface area (Å²) in [4.78, 5) is 11.4. The van der Waals surface area contributed by atoms with Crippen LogP contribution in [0, 0.1) is 12.8 Å². The number of amides is 1. The summed E-state index contributed by atoms with van der Waals surface area (Å²) in [7, 11) is 0. The lowest BCUT2D eigenvalue weighted by molar-refractivity contribution is -0.124. The van der Waals surface area contributed by atoms with Crippen molar-refractivity contribution < 1.29 is 4.79 Å². The van der Waals surface area contributed by atoms with Gasteiger partial charge in [-0.2, -0.15) is 11.3 Å². The summed E-state index contributed by atoms with van der Waals surface area (Å²) in [5.74, 6) is -0.0768. The molecule has 0 aliphatic carbocycles. The summed E-state index contributed by atoms with van der Waals surface area (Å²) in [5.41, 5.74) is 7.81. The van der Waals surface area contributed by atoms with Crippen molar-refractivity contribution in [2.75, 3.05) is 6.54 Å². The number of rotatable bonds is 4. The number of carbonyl (C=O) groups is 1. The van der Waals surface area contributed by atoms with Gasteiger partial charge in [0, 0.05) is 19.0 Å². The van der Waals surface area contributed by atoms with E-state index in [0.29, 0.717) is 13.1 Å². The molecule has 1 atom stereocenters. The van der Waals surface area contributed by atoms with E-state index >= 15 is 0 Å². The number of aryl methyl sites for hydroxylation is 1. The molecular weight excluding hydrogens is 196 g/mol. The molecule has 1 heterocycles. The van der Waals surface area contributed by atoms with E-state index in [1.54, 1.807) is 11.3 Å². The van der Waals surface area contributed by atoms with Gasteiger partial charge in [-0.25, -0.2) is 0 Å². The lowest BCUT2D eigenvalue weighted by atomic mass is 10.1. The molecule has 0 radical (unpaired) electrons. The molecule has 0 fully saturated rings. The summed E-state index contributed by atoms with van der Waals surface area (Å²) < 4.78 is 0. The molecular formula is C10H16N2OS. The Labute approximate surface area is 88.3 Å². The molecule has 1 aromatic heterocycles. The molecule has 0 aromatic carbocycles. The molecule has 3 N–H and O–H groups in total. The molecule has 0 saturated heterocycles. The summed E-state index contributed by atoms with van der Waals surface area (Å²) in [6, 6.07) is 0. The summed E-state index contributed by atoms with van der Waals surface area (Å²) in [5, 5.41) is 7.00. The number of hydrogen-bond acceptors (Lipinski definition) is 3. The zero-order valence-electron chi connectivity index (χ0n) is 8.54. The van der Waals surface area contributed by atoms with Crippen LogP contribution in [0.25, 0.3) is 0 Å². The van der Waals surface area contributed by atoms with Gasteiger partial charge >= 0.3 is 0 Å². The van der Waals surface area contributed by atoms with Crippen molar-refractivity contribution in [3.8, 4) is 0 Å². The average molecular weight is 212 g/mol. The first kappa shape index (κ1) is 11.2. The Morgan fingerprint density at radius 2 is 2.36 bits per heavy atom. The summed E-state index contributed by atoms with van der Waals surface area (Å²) >= 11 is 1.66. The third kappa shape index (κ3) is 2.82. The van der Waals surface area contributed by atoms with E-state index in [0.717, 1.165) is 0 Å². The fourth-order valence-corrected chi connectivity index (χ4v) is 1.89. The zero-order valence-corrected chi connectivity index (χ0v) is 9.36. The Kier molecular flexibility index (Phi) is 4.10. The van der Waals surface area contributed by atoms with E-state index < -0.39 is 0 Å². The van der Waals surface area contributed by atoms with E-state index in [9.17, 15) is 4.79 Å². The second kappa shape index (κ2) is 5.12. The van der Waals surface area contributed by atoms with Gasteiger partial charge in [0.05, 0.1) is 0 Å². The first-order valence-electron chi connectivity index (χ1n) is 4.64. The summed E-state index contributed by atoms with van der Waals surface area (Å²) in [6.45, 7) is 4.88. The molecule has 0 spiro atoms. The molecule has 0 aliphatic rings. The van der Waals surface area contributed by atoms with Crippen LogP contribution >= 0.6 is 11.3 Å². The monoisotopic (exact) mass is 212 g/mol. The third-order valence-corrected chi connectivity index (χ3v) is 3.13. The summed E-state index contributed by atoms with van der Waals surface area (Å²) in [6.07, 6.45) is 0. The maximum absolute atomic E-state index is 11.4. The van der Waals surface area contributed by atoms with Gasteiger partial charge in [0.2, 0.25) is 5.91 Å². The van der Waals surface area contributed by atoms with Crippen molar-refractivity contribution in [1.29, 1.82) is 0 Å². The average Bonchev–Trinajstić information content (AvgIpc) is 2.59. The van der Waals surface area contributed by atoms with Gasteiger partial charge < -0.3 is 11.1 Å². The molecule has 1 unspecified atom stereocenters. The van der Waals surface area contributed by atoms with Crippen molar-refractivity contribution in [2.45, 2.75) is 20.4 Å². The molecule has 1 aromatic rings. The fraction of sp³-hybridized carbons (Fsp3) is 0.500. The van der Waals surface area contributed by atoms with Gasteiger partial charge in [-0.15, -0.1) is 0 Å². The van der Waals surface area contributed by atoms with Gasteiger partial charge in [-0.05, 0) is 28.8 Å². The molecule has 0 aliphatic heterocycles. The highest BCUT2D eigenvalue weighted by Crippen LogP contribution is 2.13. The minimum atomic E-state index is -0.103. The van der Waals surface area contributed by atoms with Crippen molar-refractivity contribution in [1.82, 2.24) is 5.32 Å². The highest BCUT2D eigenvalue weighted by molar-refractivity contribution is 7.08. The van der Waals surface area contributed by atoms with E-state index in [4.69, 9.17) is 5.73 Å². The maximum Gasteiger partial charge on any atom is 0.224 e. The molecule has 4 heteroatoms. The number of carbonyl (C=O) groups excluding carboxylic acids is 1. The minimum absolute atomic E-state index is 0.0260. The normalized spacial score (nSPS) is 12.5. The second-order valence-corrected chi connectivity index (χ2v) is 4.18. The number of thiophene rings is 1. The smallest absolute Gasteiger partial charge is 0.224 e. The SMILES string of the molecule is Cc1cscc1CNC(=O)C(C)CN. The van der Waals surface area contributed by atoms with Gasteiger partial charge in [0.15, 0.2) is 0 Å². The van der Waals surface area contributed by atoms with Crippen molar-refractivity contribution in [3.05, 3.63) is 21.9 Å². The van der Waals surface area contributed by atoms with Crippen molar-refractivity contribution in [3.63, 3.8) is 0 Å². The van der Waals surface area contributed by atoms with Crippen molar-refractivity contribution in [2.24, 2.45) is 11.7 Å². The fourth-order valence-electron chi connectivity index (χ4n) is 1.03. The quantitative estimate of drug-likeness (QED) is 0.789. The molecule has 78 valence electrons. The molecule has 3 nitrogen and oxygen atoms in total. The van der Waals surface area contributed by atoms with Gasteiger partial charge in [0.1, 0.15) is 0 Å². The molecule has 1 amide bonds. The van der Waals surface area contributed by atoms with Gasteiger partial charge in [-0.3, -0.25) is 4.79 Å². The van der Waals surface area contributed by atoms with Crippen LogP contribution in [0.1, 0.15) is 18.1 Å². The second-order valence-electron chi connectivity index (χ2n) is 3.43. The van der Waals surface area contributed by atoms with Crippen LogP contribution < -0.4 is 11.1 Å². The molecule has 0 saturated carbocycles. The van der Waals surface area contributed by atoms with Crippen LogP contribution in [0.4, 0.5) is 0 Å². The Morgan fingerprint density at radius 3 is 2.86 bits per heavy atom. The standard InChI is InChI=1S/C10H16N2OS/c1-7(3-11)10(13)12-4-9-6-14-5-8(9)2/h5-7H,3-4,11H2,1-2H3,(H,12,13). The third-order valence-electron chi connectivity index (χ3n) is 2.22. The van der Waals surface area contributed by atoms with E-state index in [2.05, 4.69) is 16.1 Å². The van der Waals surface area contributed by atoms with E-state index in [-0.39, 0.29) is 11.8 Å². The maximum atomic E-state index is 11.4. The van der Waals surface area contributed by atoms with Crippen LogP contribution in [-0.4, -0.2) is 12.5 Å². The Balaban J connectivity index is 2.41. The lowest BCUT2D eigenvalue weighted by Crippen LogP contribution is -2.32. The van der Waals surface area contributed by atoms with Crippen LogP contribution in [0.2, 0.25) is 0 Å². The van der Waals surface area contributed by atoms with Crippen LogP contribution in [0.15, 0.2) is 10.8 Å². The van der Waals surface area contributed by atoms with E-state index in [1.807, 2.05) is 13.8 Å². The van der Waals surface area contributed by atoms with Gasteiger partial charge in [0.25, 0.3) is 0 Å². The first-order valence-corrected chi connectivity index (χ1v) is 5.59. The number of nitrogens with one attached hydrogen (secondary N) is 1. The van der Waals surface area contributed by atoms with Gasteiger partial charge in [-0.1, -0.05) is 6.92 Å². The van der Waals surface area contributed by atoms with Crippen molar-refractivity contribution >= 4 is 17.2 Å². The van der Waals surface area contributed by atoms with Crippen LogP contribution in [0.5, 0.6) is 0 Å². The highest BCUT2D eigenvalue weighted by atomic mass is 32.1.